The second-order valence-electron chi connectivity index (χ2n) is 13.2. The highest BCUT2D eigenvalue weighted by Crippen LogP contribution is 2.43. The molecule has 0 amide bonds. The van der Waals surface area contributed by atoms with E-state index in [4.69, 9.17) is 15.0 Å². The first-order valence-corrected chi connectivity index (χ1v) is 18.6. The molecule has 0 saturated heterocycles. The lowest BCUT2D eigenvalue weighted by Crippen LogP contribution is -2.00. The Morgan fingerprint density at radius 1 is 0.321 bits per heavy atom. The summed E-state index contributed by atoms with van der Waals surface area (Å²) in [6.45, 7) is 0. The van der Waals surface area contributed by atoms with Gasteiger partial charge >= 0.3 is 0 Å². The summed E-state index contributed by atoms with van der Waals surface area (Å²) in [5, 5.41) is 4.86. The van der Waals surface area contributed by atoms with Gasteiger partial charge in [-0.15, -0.1) is 11.3 Å². The van der Waals surface area contributed by atoms with Crippen LogP contribution in [0.3, 0.4) is 0 Å². The first-order valence-electron chi connectivity index (χ1n) is 17.8. The SMILES string of the molecule is c1ccc(-c2nc(-c3cccc(-c4c(-c5ccccc5-c5ccccc5)ccc5ccccc45)c3)nc(-c3cccc4c3sc3ccccc34)n2)cc1. The molecule has 2 heterocycles. The van der Waals surface area contributed by atoms with Crippen molar-refractivity contribution in [3.05, 3.63) is 188 Å². The molecule has 0 aliphatic heterocycles. The summed E-state index contributed by atoms with van der Waals surface area (Å²) in [6.07, 6.45) is 0. The van der Waals surface area contributed by atoms with E-state index in [9.17, 15) is 0 Å². The van der Waals surface area contributed by atoms with E-state index >= 15 is 0 Å². The Labute approximate surface area is 311 Å². The Hall–Kier alpha value is -6.75. The second-order valence-corrected chi connectivity index (χ2v) is 14.2. The number of hydrogen-bond acceptors (Lipinski definition) is 4. The van der Waals surface area contributed by atoms with Gasteiger partial charge in [0.15, 0.2) is 17.5 Å². The maximum atomic E-state index is 5.24. The molecule has 0 spiro atoms. The highest BCUT2D eigenvalue weighted by atomic mass is 32.1. The van der Waals surface area contributed by atoms with Crippen LogP contribution >= 0.6 is 11.3 Å². The molecule has 10 rings (SSSR count). The monoisotopic (exact) mass is 693 g/mol. The summed E-state index contributed by atoms with van der Waals surface area (Å²) >= 11 is 1.79. The van der Waals surface area contributed by atoms with Gasteiger partial charge < -0.3 is 0 Å². The molecule has 53 heavy (non-hydrogen) atoms. The Bertz CT molecular complexity index is 2950. The molecule has 4 heteroatoms. The molecule has 248 valence electrons. The van der Waals surface area contributed by atoms with Crippen molar-refractivity contribution in [2.45, 2.75) is 0 Å². The van der Waals surface area contributed by atoms with Crippen LogP contribution in [-0.4, -0.2) is 15.0 Å². The van der Waals surface area contributed by atoms with Gasteiger partial charge in [-0.05, 0) is 62.4 Å². The summed E-state index contributed by atoms with van der Waals surface area (Å²) in [5.41, 5.74) is 9.94. The smallest absolute Gasteiger partial charge is 0.165 e. The molecule has 0 radical (unpaired) electrons. The van der Waals surface area contributed by atoms with Crippen molar-refractivity contribution in [2.24, 2.45) is 0 Å². The number of hydrogen-bond donors (Lipinski definition) is 0. The zero-order chi connectivity index (χ0) is 35.1. The predicted octanol–water partition coefficient (Wildman–Crippen LogP) is 13.4. The van der Waals surface area contributed by atoms with E-state index < -0.39 is 0 Å². The van der Waals surface area contributed by atoms with Gasteiger partial charge in [0.05, 0.1) is 0 Å². The molecule has 0 aliphatic rings. The molecule has 0 N–H and O–H groups in total. The number of fused-ring (bicyclic) bond motifs is 4. The van der Waals surface area contributed by atoms with Gasteiger partial charge in [0.2, 0.25) is 0 Å². The van der Waals surface area contributed by atoms with E-state index in [-0.39, 0.29) is 0 Å². The molecule has 2 aromatic heterocycles. The fraction of sp³-hybridized carbons (Fsp3) is 0. The van der Waals surface area contributed by atoms with Crippen molar-refractivity contribution in [3.8, 4) is 67.5 Å². The van der Waals surface area contributed by atoms with Gasteiger partial charge in [-0.25, -0.2) is 15.0 Å². The average molecular weight is 694 g/mol. The second kappa shape index (κ2) is 13.1. The molecular formula is C49H31N3S. The highest BCUT2D eigenvalue weighted by molar-refractivity contribution is 7.26. The molecule has 8 aromatic carbocycles. The molecule has 0 unspecified atom stereocenters. The van der Waals surface area contributed by atoms with E-state index in [0.717, 1.165) is 22.3 Å². The van der Waals surface area contributed by atoms with E-state index in [1.807, 2.05) is 18.2 Å². The highest BCUT2D eigenvalue weighted by Gasteiger charge is 2.19. The van der Waals surface area contributed by atoms with Gasteiger partial charge in [0.1, 0.15) is 0 Å². The molecule has 0 atom stereocenters. The summed E-state index contributed by atoms with van der Waals surface area (Å²) in [7, 11) is 0. The fourth-order valence-electron chi connectivity index (χ4n) is 7.47. The van der Waals surface area contributed by atoms with Gasteiger partial charge in [-0.1, -0.05) is 170 Å². The Kier molecular flexibility index (Phi) is 7.67. The van der Waals surface area contributed by atoms with Crippen LogP contribution in [0.2, 0.25) is 0 Å². The summed E-state index contributed by atoms with van der Waals surface area (Å²) in [4.78, 5) is 15.5. The minimum Gasteiger partial charge on any atom is -0.208 e. The Morgan fingerprint density at radius 3 is 1.72 bits per heavy atom. The molecule has 0 aliphatic carbocycles. The van der Waals surface area contributed by atoms with Crippen molar-refractivity contribution in [3.63, 3.8) is 0 Å². The molecular weight excluding hydrogens is 663 g/mol. The Morgan fingerprint density at radius 2 is 0.887 bits per heavy atom. The first kappa shape index (κ1) is 31.0. The van der Waals surface area contributed by atoms with E-state index in [1.165, 1.54) is 58.8 Å². The van der Waals surface area contributed by atoms with E-state index in [0.29, 0.717) is 17.5 Å². The molecule has 3 nitrogen and oxygen atoms in total. The Balaban J connectivity index is 1.19. The zero-order valence-corrected chi connectivity index (χ0v) is 29.5. The van der Waals surface area contributed by atoms with Crippen molar-refractivity contribution in [1.29, 1.82) is 0 Å². The van der Waals surface area contributed by atoms with Crippen molar-refractivity contribution in [2.75, 3.05) is 0 Å². The largest absolute Gasteiger partial charge is 0.208 e. The molecule has 0 saturated carbocycles. The average Bonchev–Trinajstić information content (AvgIpc) is 3.63. The maximum Gasteiger partial charge on any atom is 0.165 e. The zero-order valence-electron chi connectivity index (χ0n) is 28.6. The third kappa shape index (κ3) is 5.57. The number of aromatic nitrogens is 3. The van der Waals surface area contributed by atoms with Gasteiger partial charge in [0, 0.05) is 36.9 Å². The topological polar surface area (TPSA) is 38.7 Å². The first-order chi connectivity index (χ1) is 26.3. The van der Waals surface area contributed by atoms with Crippen molar-refractivity contribution in [1.82, 2.24) is 15.0 Å². The lowest BCUT2D eigenvalue weighted by atomic mass is 9.86. The van der Waals surface area contributed by atoms with Crippen LogP contribution in [0.25, 0.3) is 98.5 Å². The van der Waals surface area contributed by atoms with Crippen LogP contribution in [0.1, 0.15) is 0 Å². The molecule has 0 fully saturated rings. The molecule has 0 bridgehead atoms. The number of benzene rings is 8. The predicted molar refractivity (Wildman–Crippen MR) is 223 cm³/mol. The third-order valence-electron chi connectivity index (χ3n) is 9.95. The van der Waals surface area contributed by atoms with Crippen LogP contribution in [0.5, 0.6) is 0 Å². The van der Waals surface area contributed by atoms with Crippen LogP contribution in [-0.2, 0) is 0 Å². The van der Waals surface area contributed by atoms with Crippen LogP contribution in [0, 0.1) is 0 Å². The van der Waals surface area contributed by atoms with Crippen molar-refractivity contribution < 1.29 is 0 Å². The summed E-state index contributed by atoms with van der Waals surface area (Å²) in [6, 6.07) is 66.4. The normalized spacial score (nSPS) is 11.4. The van der Waals surface area contributed by atoms with E-state index in [1.54, 1.807) is 11.3 Å². The van der Waals surface area contributed by atoms with Crippen LogP contribution in [0.4, 0.5) is 0 Å². The van der Waals surface area contributed by atoms with Gasteiger partial charge in [0.25, 0.3) is 0 Å². The van der Waals surface area contributed by atoms with Crippen LogP contribution in [0.15, 0.2) is 188 Å². The standard InChI is InChI=1S/C49H31N3S/c1-3-15-32(16-4-1)37-22-9-10-24-39(37)41-30-29-33-17-7-8-23-38(33)45(41)35-20-13-21-36(31-35)48-50-47(34-18-5-2-6-19-34)51-49(52-48)43-27-14-26-42-40-25-11-12-28-44(40)53-46(42)43/h1-31H. The third-order valence-corrected chi connectivity index (χ3v) is 11.2. The number of thiophene rings is 1. The van der Waals surface area contributed by atoms with Gasteiger partial charge in [-0.2, -0.15) is 0 Å². The summed E-state index contributed by atoms with van der Waals surface area (Å²) in [5.74, 6) is 1.95. The quantitative estimate of drug-likeness (QED) is 0.174. The minimum absolute atomic E-state index is 0.639. The van der Waals surface area contributed by atoms with E-state index in [2.05, 4.69) is 170 Å². The molecule has 10 aromatic rings. The lowest BCUT2D eigenvalue weighted by molar-refractivity contribution is 1.08. The number of rotatable bonds is 6. The number of nitrogens with zero attached hydrogens (tertiary/aromatic N) is 3. The van der Waals surface area contributed by atoms with Crippen molar-refractivity contribution >= 4 is 42.3 Å². The van der Waals surface area contributed by atoms with Gasteiger partial charge in [-0.3, -0.25) is 0 Å². The fourth-order valence-corrected chi connectivity index (χ4v) is 8.68. The summed E-state index contributed by atoms with van der Waals surface area (Å²) < 4.78 is 2.43. The minimum atomic E-state index is 0.639. The maximum absolute atomic E-state index is 5.24. The van der Waals surface area contributed by atoms with Crippen LogP contribution < -0.4 is 0 Å². The lowest BCUT2D eigenvalue weighted by Gasteiger charge is -2.18.